The molecule has 5 heteroatoms. The highest BCUT2D eigenvalue weighted by molar-refractivity contribution is 5.98. The van der Waals surface area contributed by atoms with E-state index in [0.717, 1.165) is 0 Å². The number of carbonyl (C=O) groups is 1. The number of nitro groups is 1. The third kappa shape index (κ3) is 3.10. The van der Waals surface area contributed by atoms with Crippen LogP contribution in [0.2, 0.25) is 0 Å². The van der Waals surface area contributed by atoms with Gasteiger partial charge >= 0.3 is 0 Å². The summed E-state index contributed by atoms with van der Waals surface area (Å²) in [6.45, 7) is 3.65. The Morgan fingerprint density at radius 3 is 2.71 bits per heavy atom. The molecule has 2 unspecified atom stereocenters. The zero-order chi connectivity index (χ0) is 13.0. The molecule has 0 saturated heterocycles. The van der Waals surface area contributed by atoms with Crippen LogP contribution in [0, 0.1) is 16.0 Å². The Labute approximate surface area is 99.8 Å². The van der Waals surface area contributed by atoms with Crippen LogP contribution >= 0.6 is 0 Å². The Morgan fingerprint density at radius 1 is 1.53 bits per heavy atom. The summed E-state index contributed by atoms with van der Waals surface area (Å²) in [5, 5.41) is 10.6. The molecule has 0 aromatic heterocycles. The molecule has 0 amide bonds. The van der Waals surface area contributed by atoms with Crippen molar-refractivity contribution >= 4 is 11.5 Å². The van der Waals surface area contributed by atoms with E-state index in [2.05, 4.69) is 0 Å². The number of ketones is 1. The minimum absolute atomic E-state index is 0.0758. The molecule has 0 fully saturated rings. The van der Waals surface area contributed by atoms with Gasteiger partial charge in [0, 0.05) is 29.7 Å². The number of hydrogen-bond donors (Lipinski definition) is 1. The Morgan fingerprint density at radius 2 is 2.18 bits per heavy atom. The van der Waals surface area contributed by atoms with Crippen molar-refractivity contribution in [2.24, 2.45) is 11.7 Å². The summed E-state index contributed by atoms with van der Waals surface area (Å²) in [6, 6.07) is 5.52. The van der Waals surface area contributed by atoms with Crippen LogP contribution in [0.1, 0.15) is 30.6 Å². The Balaban J connectivity index is 2.96. The standard InChI is InChI=1S/C12H16N2O3/c1-3-11(13)8(2)12(15)9-5-4-6-10(7-9)14(16)17/h4-8,11H,3,13H2,1-2H3. The van der Waals surface area contributed by atoms with Gasteiger partial charge in [0.25, 0.3) is 5.69 Å². The maximum Gasteiger partial charge on any atom is 0.270 e. The van der Waals surface area contributed by atoms with Gasteiger partial charge in [-0.3, -0.25) is 14.9 Å². The monoisotopic (exact) mass is 236 g/mol. The second-order valence-electron chi connectivity index (χ2n) is 4.03. The third-order valence-corrected chi connectivity index (χ3v) is 2.87. The molecule has 1 aromatic rings. The van der Waals surface area contributed by atoms with Gasteiger partial charge in [-0.1, -0.05) is 26.0 Å². The number of nitro benzene ring substituents is 1. The van der Waals surface area contributed by atoms with E-state index in [4.69, 9.17) is 5.73 Å². The summed E-state index contributed by atoms with van der Waals surface area (Å²) in [4.78, 5) is 22.1. The van der Waals surface area contributed by atoms with Crippen LogP contribution in [0.15, 0.2) is 24.3 Å². The van der Waals surface area contributed by atoms with Crippen molar-refractivity contribution in [1.29, 1.82) is 0 Å². The number of non-ortho nitro benzene ring substituents is 1. The predicted octanol–water partition coefficient (Wildman–Crippen LogP) is 2.15. The van der Waals surface area contributed by atoms with Crippen molar-refractivity contribution in [2.75, 3.05) is 0 Å². The van der Waals surface area contributed by atoms with Gasteiger partial charge < -0.3 is 5.73 Å². The molecule has 1 rings (SSSR count). The van der Waals surface area contributed by atoms with E-state index in [1.807, 2.05) is 6.92 Å². The second-order valence-corrected chi connectivity index (χ2v) is 4.03. The Bertz CT molecular complexity index is 432. The first-order chi connectivity index (χ1) is 7.97. The van der Waals surface area contributed by atoms with Crippen LogP contribution in [-0.4, -0.2) is 16.7 Å². The summed E-state index contributed by atoms with van der Waals surface area (Å²) in [5.74, 6) is -0.481. The van der Waals surface area contributed by atoms with Crippen LogP contribution in [0.4, 0.5) is 5.69 Å². The molecule has 92 valence electrons. The molecule has 0 spiro atoms. The molecule has 2 atom stereocenters. The smallest absolute Gasteiger partial charge is 0.270 e. The molecule has 17 heavy (non-hydrogen) atoms. The van der Waals surface area contributed by atoms with E-state index in [9.17, 15) is 14.9 Å². The highest BCUT2D eigenvalue weighted by Gasteiger charge is 2.22. The van der Waals surface area contributed by atoms with Crippen LogP contribution < -0.4 is 5.73 Å². The van der Waals surface area contributed by atoms with Gasteiger partial charge in [0.15, 0.2) is 5.78 Å². The van der Waals surface area contributed by atoms with Crippen LogP contribution in [-0.2, 0) is 0 Å². The lowest BCUT2D eigenvalue weighted by Crippen LogP contribution is -2.32. The molecular weight excluding hydrogens is 220 g/mol. The number of carbonyl (C=O) groups excluding carboxylic acids is 1. The third-order valence-electron chi connectivity index (χ3n) is 2.87. The second kappa shape index (κ2) is 5.54. The molecule has 0 saturated carbocycles. The van der Waals surface area contributed by atoms with E-state index in [1.54, 1.807) is 13.0 Å². The highest BCUT2D eigenvalue weighted by Crippen LogP contribution is 2.18. The summed E-state index contributed by atoms with van der Waals surface area (Å²) in [7, 11) is 0. The van der Waals surface area contributed by atoms with Crippen molar-refractivity contribution < 1.29 is 9.72 Å². The Kier molecular flexibility index (Phi) is 4.34. The number of Topliss-reactive ketones (excluding diaryl/α,β-unsaturated/α-hetero) is 1. The zero-order valence-electron chi connectivity index (χ0n) is 9.92. The van der Waals surface area contributed by atoms with Gasteiger partial charge in [-0.25, -0.2) is 0 Å². The molecule has 2 N–H and O–H groups in total. The number of nitrogens with two attached hydrogens (primary N) is 1. The number of rotatable bonds is 5. The minimum Gasteiger partial charge on any atom is -0.327 e. The molecule has 0 bridgehead atoms. The van der Waals surface area contributed by atoms with Crippen molar-refractivity contribution in [3.05, 3.63) is 39.9 Å². The fourth-order valence-electron chi connectivity index (χ4n) is 1.58. The largest absolute Gasteiger partial charge is 0.327 e. The van der Waals surface area contributed by atoms with Crippen molar-refractivity contribution in [3.63, 3.8) is 0 Å². The first kappa shape index (κ1) is 13.3. The number of nitrogens with zero attached hydrogens (tertiary/aromatic N) is 1. The fraction of sp³-hybridized carbons (Fsp3) is 0.417. The SMILES string of the molecule is CCC(N)C(C)C(=O)c1cccc([N+](=O)[O-])c1. The lowest BCUT2D eigenvalue weighted by molar-refractivity contribution is -0.384. The van der Waals surface area contributed by atoms with E-state index >= 15 is 0 Å². The van der Waals surface area contributed by atoms with E-state index in [-0.39, 0.29) is 23.4 Å². The topological polar surface area (TPSA) is 86.2 Å². The molecule has 0 aliphatic heterocycles. The highest BCUT2D eigenvalue weighted by atomic mass is 16.6. The average molecular weight is 236 g/mol. The maximum atomic E-state index is 12.0. The van der Waals surface area contributed by atoms with E-state index in [1.165, 1.54) is 18.2 Å². The summed E-state index contributed by atoms with van der Waals surface area (Å²) in [6.07, 6.45) is 0.696. The molecule has 0 aliphatic rings. The average Bonchev–Trinajstić information content (AvgIpc) is 2.36. The van der Waals surface area contributed by atoms with Gasteiger partial charge in [-0.05, 0) is 6.42 Å². The quantitative estimate of drug-likeness (QED) is 0.482. The Hall–Kier alpha value is -1.75. The fourth-order valence-corrected chi connectivity index (χ4v) is 1.58. The molecule has 5 nitrogen and oxygen atoms in total. The summed E-state index contributed by atoms with van der Waals surface area (Å²) >= 11 is 0. The number of hydrogen-bond acceptors (Lipinski definition) is 4. The molecular formula is C12H16N2O3. The van der Waals surface area contributed by atoms with Gasteiger partial charge in [-0.2, -0.15) is 0 Å². The van der Waals surface area contributed by atoms with Gasteiger partial charge in [0.1, 0.15) is 0 Å². The van der Waals surface area contributed by atoms with Crippen molar-refractivity contribution in [3.8, 4) is 0 Å². The summed E-state index contributed by atoms with van der Waals surface area (Å²) < 4.78 is 0. The van der Waals surface area contributed by atoms with E-state index in [0.29, 0.717) is 12.0 Å². The van der Waals surface area contributed by atoms with Crippen molar-refractivity contribution in [1.82, 2.24) is 0 Å². The van der Waals surface area contributed by atoms with E-state index < -0.39 is 4.92 Å². The van der Waals surface area contributed by atoms with Crippen molar-refractivity contribution in [2.45, 2.75) is 26.3 Å². The molecule has 0 heterocycles. The predicted molar refractivity (Wildman–Crippen MR) is 64.9 cm³/mol. The normalized spacial score (nSPS) is 14.1. The first-order valence-electron chi connectivity index (χ1n) is 5.51. The van der Waals surface area contributed by atoms with Gasteiger partial charge in [-0.15, -0.1) is 0 Å². The van der Waals surface area contributed by atoms with Crippen LogP contribution in [0.5, 0.6) is 0 Å². The van der Waals surface area contributed by atoms with Gasteiger partial charge in [0.05, 0.1) is 4.92 Å². The maximum absolute atomic E-state index is 12.0. The minimum atomic E-state index is -0.513. The molecule has 1 aromatic carbocycles. The van der Waals surface area contributed by atoms with Gasteiger partial charge in [0.2, 0.25) is 0 Å². The zero-order valence-corrected chi connectivity index (χ0v) is 9.92. The molecule has 0 aliphatic carbocycles. The van der Waals surface area contributed by atoms with Crippen LogP contribution in [0.3, 0.4) is 0 Å². The lowest BCUT2D eigenvalue weighted by Gasteiger charge is -2.16. The first-order valence-corrected chi connectivity index (χ1v) is 5.51. The number of benzene rings is 1. The molecule has 0 radical (unpaired) electrons. The lowest BCUT2D eigenvalue weighted by atomic mass is 9.91. The van der Waals surface area contributed by atoms with Crippen LogP contribution in [0.25, 0.3) is 0 Å². The summed E-state index contributed by atoms with van der Waals surface area (Å²) in [5.41, 5.74) is 6.07.